The molecule has 0 unspecified atom stereocenters. The minimum Gasteiger partial charge on any atom is -0.386 e. The van der Waals surface area contributed by atoms with Crippen molar-refractivity contribution in [2.24, 2.45) is 5.92 Å². The maximum absolute atomic E-state index is 12.6. The van der Waals surface area contributed by atoms with Crippen LogP contribution < -0.4 is 5.32 Å². The van der Waals surface area contributed by atoms with Gasteiger partial charge in [-0.3, -0.25) is 9.48 Å². The number of hydrogen-bond donors (Lipinski definition) is 2. The highest BCUT2D eigenvalue weighted by atomic mass is 16.3. The molecule has 0 spiro atoms. The van der Waals surface area contributed by atoms with Gasteiger partial charge >= 0.3 is 0 Å². The zero-order chi connectivity index (χ0) is 17.3. The number of nitrogens with one attached hydrogen (secondary N) is 1. The summed E-state index contributed by atoms with van der Waals surface area (Å²) in [6.45, 7) is 9.36. The molecular formula is C18H30N4O2. The molecule has 2 N–H and O–H groups in total. The fraction of sp³-hybridized carbons (Fsp3) is 0.778. The second-order valence-electron chi connectivity index (χ2n) is 7.40. The number of aromatic nitrogens is 2. The molecule has 24 heavy (non-hydrogen) atoms. The summed E-state index contributed by atoms with van der Waals surface area (Å²) < 4.78 is 1.96. The smallest absolute Gasteiger partial charge is 0.254 e. The van der Waals surface area contributed by atoms with Crippen molar-refractivity contribution in [3.05, 3.63) is 17.5 Å². The van der Waals surface area contributed by atoms with E-state index in [1.54, 1.807) is 6.20 Å². The van der Waals surface area contributed by atoms with Crippen LogP contribution in [0.4, 0.5) is 0 Å². The van der Waals surface area contributed by atoms with Gasteiger partial charge in [-0.2, -0.15) is 5.10 Å². The summed E-state index contributed by atoms with van der Waals surface area (Å²) in [4.78, 5) is 14.9. The number of amides is 1. The average molecular weight is 334 g/mol. The Hall–Kier alpha value is -1.40. The van der Waals surface area contributed by atoms with Gasteiger partial charge in [-0.15, -0.1) is 0 Å². The van der Waals surface area contributed by atoms with E-state index in [1.807, 2.05) is 11.6 Å². The normalized spacial score (nSPS) is 29.2. The number of piperidine rings is 3. The van der Waals surface area contributed by atoms with Crippen molar-refractivity contribution in [3.8, 4) is 0 Å². The number of rotatable bonds is 6. The van der Waals surface area contributed by atoms with E-state index in [0.29, 0.717) is 30.6 Å². The standard InChI is InChI=1S/C18H30N4O2/c1-4-15(5-2)22-13(3)16(10-20-22)17(23)19-11-18(24)12-21-8-6-14(18)7-9-21/h10,14-15,24H,4-9,11-12H2,1-3H3,(H,19,23)/t18-/m1/s1. The van der Waals surface area contributed by atoms with Gasteiger partial charge < -0.3 is 15.3 Å². The molecule has 4 heterocycles. The molecule has 6 heteroatoms. The minimum atomic E-state index is -0.786. The van der Waals surface area contributed by atoms with Crippen LogP contribution in [0.25, 0.3) is 0 Å². The number of nitrogens with zero attached hydrogens (tertiary/aromatic N) is 3. The van der Waals surface area contributed by atoms with Crippen molar-refractivity contribution in [1.82, 2.24) is 20.0 Å². The van der Waals surface area contributed by atoms with Crippen LogP contribution in [0, 0.1) is 12.8 Å². The highest BCUT2D eigenvalue weighted by Crippen LogP contribution is 2.35. The van der Waals surface area contributed by atoms with E-state index in [0.717, 1.165) is 44.5 Å². The Morgan fingerprint density at radius 3 is 2.62 bits per heavy atom. The zero-order valence-corrected chi connectivity index (χ0v) is 15.1. The summed E-state index contributed by atoms with van der Waals surface area (Å²) in [6.07, 6.45) is 5.70. The fourth-order valence-electron chi connectivity index (χ4n) is 4.32. The Morgan fingerprint density at radius 2 is 2.08 bits per heavy atom. The summed E-state index contributed by atoms with van der Waals surface area (Å²) in [5.74, 6) is 0.172. The molecule has 1 atom stereocenters. The van der Waals surface area contributed by atoms with Gasteiger partial charge in [0.2, 0.25) is 0 Å². The van der Waals surface area contributed by atoms with Crippen LogP contribution in [0.1, 0.15) is 61.6 Å². The third-order valence-corrected chi connectivity index (χ3v) is 5.98. The summed E-state index contributed by atoms with van der Waals surface area (Å²) in [5, 5.41) is 18.3. The van der Waals surface area contributed by atoms with Crippen molar-refractivity contribution >= 4 is 5.91 Å². The van der Waals surface area contributed by atoms with E-state index in [4.69, 9.17) is 0 Å². The number of hydrogen-bond acceptors (Lipinski definition) is 4. The Morgan fingerprint density at radius 1 is 1.42 bits per heavy atom. The lowest BCUT2D eigenvalue weighted by molar-refractivity contribution is -0.108. The molecule has 1 aromatic heterocycles. The lowest BCUT2D eigenvalue weighted by Gasteiger charge is -2.50. The summed E-state index contributed by atoms with van der Waals surface area (Å²) >= 11 is 0. The molecule has 3 fully saturated rings. The van der Waals surface area contributed by atoms with Gasteiger partial charge in [0.25, 0.3) is 5.91 Å². The van der Waals surface area contributed by atoms with E-state index in [9.17, 15) is 9.90 Å². The lowest BCUT2D eigenvalue weighted by atomic mass is 9.75. The molecule has 1 aromatic rings. The summed E-state index contributed by atoms with van der Waals surface area (Å²) in [6, 6.07) is 0.331. The Kier molecular flexibility index (Phi) is 4.97. The van der Waals surface area contributed by atoms with Crippen LogP contribution in [-0.4, -0.2) is 57.5 Å². The Bertz CT molecular complexity index is 588. The molecule has 0 aliphatic carbocycles. The third-order valence-electron chi connectivity index (χ3n) is 5.98. The molecule has 0 saturated carbocycles. The van der Waals surface area contributed by atoms with Crippen LogP contribution in [0.3, 0.4) is 0 Å². The molecule has 2 bridgehead atoms. The molecular weight excluding hydrogens is 304 g/mol. The van der Waals surface area contributed by atoms with Crippen molar-refractivity contribution in [3.63, 3.8) is 0 Å². The Labute approximate surface area is 144 Å². The first-order chi connectivity index (χ1) is 11.5. The van der Waals surface area contributed by atoms with Gasteiger partial charge in [0.1, 0.15) is 0 Å². The fourth-order valence-corrected chi connectivity index (χ4v) is 4.32. The van der Waals surface area contributed by atoms with Crippen molar-refractivity contribution in [2.45, 2.75) is 58.1 Å². The average Bonchev–Trinajstić information content (AvgIpc) is 2.97. The molecule has 3 aliphatic heterocycles. The second-order valence-corrected chi connectivity index (χ2v) is 7.40. The highest BCUT2D eigenvalue weighted by molar-refractivity contribution is 5.95. The zero-order valence-electron chi connectivity index (χ0n) is 15.1. The highest BCUT2D eigenvalue weighted by Gasteiger charge is 2.45. The lowest BCUT2D eigenvalue weighted by Crippen LogP contribution is -2.63. The van der Waals surface area contributed by atoms with Gasteiger partial charge in [0.15, 0.2) is 0 Å². The predicted octanol–water partition coefficient (Wildman–Crippen LogP) is 1.74. The molecule has 6 nitrogen and oxygen atoms in total. The van der Waals surface area contributed by atoms with Crippen molar-refractivity contribution < 1.29 is 9.90 Å². The second kappa shape index (κ2) is 6.84. The van der Waals surface area contributed by atoms with Crippen LogP contribution in [0.15, 0.2) is 6.20 Å². The maximum Gasteiger partial charge on any atom is 0.254 e. The quantitative estimate of drug-likeness (QED) is 0.831. The first-order valence-electron chi connectivity index (χ1n) is 9.25. The number of fused-ring (bicyclic) bond motifs is 3. The summed E-state index contributed by atoms with van der Waals surface area (Å²) in [7, 11) is 0. The molecule has 3 saturated heterocycles. The van der Waals surface area contributed by atoms with E-state index in [2.05, 4.69) is 29.2 Å². The largest absolute Gasteiger partial charge is 0.386 e. The van der Waals surface area contributed by atoms with Crippen molar-refractivity contribution in [1.29, 1.82) is 0 Å². The molecule has 1 amide bonds. The van der Waals surface area contributed by atoms with Gasteiger partial charge in [-0.1, -0.05) is 13.8 Å². The van der Waals surface area contributed by atoms with E-state index in [1.165, 1.54) is 0 Å². The SMILES string of the molecule is CCC(CC)n1ncc(C(=O)NC[C@@]2(O)CN3CCC2CC3)c1C. The van der Waals surface area contributed by atoms with Gasteiger partial charge in [0.05, 0.1) is 23.4 Å². The first-order valence-corrected chi connectivity index (χ1v) is 9.25. The van der Waals surface area contributed by atoms with E-state index < -0.39 is 5.60 Å². The van der Waals surface area contributed by atoms with Crippen LogP contribution in [0.2, 0.25) is 0 Å². The first kappa shape index (κ1) is 17.4. The monoisotopic (exact) mass is 334 g/mol. The van der Waals surface area contributed by atoms with E-state index in [-0.39, 0.29) is 5.91 Å². The minimum absolute atomic E-state index is 0.130. The number of carbonyl (C=O) groups excluding carboxylic acids is 1. The van der Waals surface area contributed by atoms with Gasteiger partial charge in [-0.05, 0) is 51.6 Å². The topological polar surface area (TPSA) is 70.4 Å². The summed E-state index contributed by atoms with van der Waals surface area (Å²) in [5.41, 5.74) is 0.736. The number of carbonyl (C=O) groups is 1. The molecule has 4 rings (SSSR count). The molecule has 134 valence electrons. The number of aliphatic hydroxyl groups is 1. The Balaban J connectivity index is 1.65. The van der Waals surface area contributed by atoms with Crippen molar-refractivity contribution in [2.75, 3.05) is 26.2 Å². The van der Waals surface area contributed by atoms with Gasteiger partial charge in [0, 0.05) is 18.8 Å². The van der Waals surface area contributed by atoms with Crippen LogP contribution in [0.5, 0.6) is 0 Å². The third kappa shape index (κ3) is 3.09. The molecule has 0 aromatic carbocycles. The van der Waals surface area contributed by atoms with Gasteiger partial charge in [-0.25, -0.2) is 0 Å². The molecule has 3 aliphatic rings. The van der Waals surface area contributed by atoms with Crippen LogP contribution in [-0.2, 0) is 0 Å². The predicted molar refractivity (Wildman–Crippen MR) is 93.0 cm³/mol. The van der Waals surface area contributed by atoms with E-state index >= 15 is 0 Å². The molecule has 0 radical (unpaired) electrons. The maximum atomic E-state index is 12.6. The van der Waals surface area contributed by atoms with Crippen LogP contribution >= 0.6 is 0 Å².